The standard InChI is InChI=1S/C14H19BFNO4/c1-13(2)14(3,4)21-15(20-13)10-6-5-9(11(16)7-10)8-17-12(18)19/h5-7,17H,8H2,1-4H3,(H,18,19). The second-order valence-electron chi connectivity index (χ2n) is 6.10. The maximum absolute atomic E-state index is 14.0. The molecule has 2 rings (SSSR count). The Labute approximate surface area is 123 Å². The van der Waals surface area contributed by atoms with Gasteiger partial charge in [0.1, 0.15) is 5.82 Å². The van der Waals surface area contributed by atoms with Gasteiger partial charge >= 0.3 is 13.2 Å². The van der Waals surface area contributed by atoms with Crippen molar-refractivity contribution in [3.8, 4) is 0 Å². The summed E-state index contributed by atoms with van der Waals surface area (Å²) < 4.78 is 25.7. The van der Waals surface area contributed by atoms with Crippen LogP contribution >= 0.6 is 0 Å². The summed E-state index contributed by atoms with van der Waals surface area (Å²) in [5.41, 5.74) is -0.127. The summed E-state index contributed by atoms with van der Waals surface area (Å²) in [5.74, 6) is -0.490. The molecule has 0 saturated carbocycles. The van der Waals surface area contributed by atoms with Gasteiger partial charge in [0.15, 0.2) is 0 Å². The van der Waals surface area contributed by atoms with E-state index in [0.29, 0.717) is 5.46 Å². The number of hydrogen-bond acceptors (Lipinski definition) is 3. The van der Waals surface area contributed by atoms with Gasteiger partial charge in [-0.05, 0) is 39.2 Å². The highest BCUT2D eigenvalue weighted by Crippen LogP contribution is 2.36. The van der Waals surface area contributed by atoms with Crippen LogP contribution in [0.5, 0.6) is 0 Å². The molecule has 1 saturated heterocycles. The van der Waals surface area contributed by atoms with Crippen molar-refractivity contribution in [1.82, 2.24) is 5.32 Å². The highest BCUT2D eigenvalue weighted by atomic mass is 19.1. The van der Waals surface area contributed by atoms with Gasteiger partial charge in [-0.15, -0.1) is 0 Å². The van der Waals surface area contributed by atoms with E-state index in [1.165, 1.54) is 12.1 Å². The largest absolute Gasteiger partial charge is 0.494 e. The maximum atomic E-state index is 14.0. The fourth-order valence-corrected chi connectivity index (χ4v) is 2.00. The lowest BCUT2D eigenvalue weighted by molar-refractivity contribution is 0.00578. The van der Waals surface area contributed by atoms with Gasteiger partial charge in [0.2, 0.25) is 0 Å². The van der Waals surface area contributed by atoms with Crippen molar-refractivity contribution in [2.24, 2.45) is 0 Å². The number of carbonyl (C=O) groups is 1. The Morgan fingerprint density at radius 1 is 1.29 bits per heavy atom. The molecule has 0 spiro atoms. The van der Waals surface area contributed by atoms with Crippen LogP contribution in [-0.4, -0.2) is 29.5 Å². The first-order valence-electron chi connectivity index (χ1n) is 6.73. The molecule has 0 atom stereocenters. The van der Waals surface area contributed by atoms with Crippen LogP contribution < -0.4 is 10.8 Å². The van der Waals surface area contributed by atoms with Gasteiger partial charge in [0.05, 0.1) is 11.2 Å². The average molecular weight is 295 g/mol. The first kappa shape index (κ1) is 15.8. The molecule has 0 bridgehead atoms. The highest BCUT2D eigenvalue weighted by molar-refractivity contribution is 6.62. The SMILES string of the molecule is CC1(C)OB(c2ccc(CNC(=O)O)c(F)c2)OC1(C)C. The second-order valence-corrected chi connectivity index (χ2v) is 6.10. The van der Waals surface area contributed by atoms with Crippen molar-refractivity contribution in [2.45, 2.75) is 45.4 Å². The zero-order chi connectivity index (χ0) is 15.8. The third-order valence-electron chi connectivity index (χ3n) is 4.03. The summed E-state index contributed by atoms with van der Waals surface area (Å²) >= 11 is 0. The first-order chi connectivity index (χ1) is 9.62. The Kier molecular flexibility index (Phi) is 3.99. The normalized spacial score (nSPS) is 19.6. The van der Waals surface area contributed by atoms with Crippen molar-refractivity contribution >= 4 is 18.7 Å². The number of carboxylic acid groups (broad SMARTS) is 1. The number of rotatable bonds is 3. The summed E-state index contributed by atoms with van der Waals surface area (Å²) in [5, 5.41) is 10.7. The second kappa shape index (κ2) is 5.31. The fraction of sp³-hybridized carbons (Fsp3) is 0.500. The van der Waals surface area contributed by atoms with E-state index in [0.717, 1.165) is 0 Å². The Morgan fingerprint density at radius 2 is 1.86 bits per heavy atom. The Bertz CT molecular complexity index is 546. The molecule has 1 aliphatic heterocycles. The number of halogens is 1. The third-order valence-corrected chi connectivity index (χ3v) is 4.03. The van der Waals surface area contributed by atoms with E-state index in [1.54, 1.807) is 6.07 Å². The molecule has 1 aromatic carbocycles. The molecular weight excluding hydrogens is 276 g/mol. The van der Waals surface area contributed by atoms with Crippen LogP contribution in [0, 0.1) is 5.82 Å². The van der Waals surface area contributed by atoms with Crippen molar-refractivity contribution in [3.05, 3.63) is 29.6 Å². The van der Waals surface area contributed by atoms with Crippen LogP contribution in [0.15, 0.2) is 18.2 Å². The molecule has 1 aromatic rings. The van der Waals surface area contributed by atoms with Gasteiger partial charge in [0.25, 0.3) is 0 Å². The summed E-state index contributed by atoms with van der Waals surface area (Å²) in [7, 11) is -0.633. The highest BCUT2D eigenvalue weighted by Gasteiger charge is 2.51. The summed E-state index contributed by atoms with van der Waals surface area (Å²) in [6, 6.07) is 4.54. The molecule has 5 nitrogen and oxygen atoms in total. The molecule has 1 amide bonds. The van der Waals surface area contributed by atoms with Crippen LogP contribution in [0.25, 0.3) is 0 Å². The smallest absolute Gasteiger partial charge is 0.465 e. The first-order valence-corrected chi connectivity index (χ1v) is 6.73. The molecule has 1 heterocycles. The molecule has 0 radical (unpaired) electrons. The van der Waals surface area contributed by atoms with Gasteiger partial charge in [-0.25, -0.2) is 9.18 Å². The van der Waals surface area contributed by atoms with Crippen molar-refractivity contribution in [2.75, 3.05) is 0 Å². The maximum Gasteiger partial charge on any atom is 0.494 e. The van der Waals surface area contributed by atoms with Crippen molar-refractivity contribution in [3.63, 3.8) is 0 Å². The zero-order valence-corrected chi connectivity index (χ0v) is 12.6. The molecular formula is C14H19BFNO4. The Hall–Kier alpha value is -1.60. The van der Waals surface area contributed by atoms with Crippen LogP contribution in [-0.2, 0) is 15.9 Å². The lowest BCUT2D eigenvalue weighted by Gasteiger charge is -2.32. The fourth-order valence-electron chi connectivity index (χ4n) is 2.00. The molecule has 1 aliphatic rings. The quantitative estimate of drug-likeness (QED) is 0.836. The van der Waals surface area contributed by atoms with Gasteiger partial charge in [-0.2, -0.15) is 0 Å². The van der Waals surface area contributed by atoms with E-state index >= 15 is 0 Å². The predicted molar refractivity (Wildman–Crippen MR) is 77.0 cm³/mol. The monoisotopic (exact) mass is 295 g/mol. The molecule has 114 valence electrons. The predicted octanol–water partition coefficient (Wildman–Crippen LogP) is 1.89. The molecule has 0 unspecified atom stereocenters. The van der Waals surface area contributed by atoms with Crippen LogP contribution in [0.3, 0.4) is 0 Å². The number of nitrogens with one attached hydrogen (secondary N) is 1. The average Bonchev–Trinajstić information content (AvgIpc) is 2.56. The molecule has 1 fully saturated rings. The summed E-state index contributed by atoms with van der Waals surface area (Å²) in [4.78, 5) is 10.4. The van der Waals surface area contributed by atoms with Gasteiger partial charge < -0.3 is 19.7 Å². The topological polar surface area (TPSA) is 67.8 Å². The lowest BCUT2D eigenvalue weighted by atomic mass is 9.78. The van der Waals surface area contributed by atoms with E-state index in [9.17, 15) is 9.18 Å². The van der Waals surface area contributed by atoms with E-state index < -0.39 is 30.2 Å². The lowest BCUT2D eigenvalue weighted by Crippen LogP contribution is -2.41. The summed E-state index contributed by atoms with van der Waals surface area (Å²) in [6.45, 7) is 7.62. The van der Waals surface area contributed by atoms with Crippen molar-refractivity contribution < 1.29 is 23.6 Å². The molecule has 0 aromatic heterocycles. The number of amides is 1. The minimum absolute atomic E-state index is 0.0786. The van der Waals surface area contributed by atoms with Crippen LogP contribution in [0.2, 0.25) is 0 Å². The van der Waals surface area contributed by atoms with E-state index in [2.05, 4.69) is 5.32 Å². The Balaban J connectivity index is 2.16. The number of hydrogen-bond donors (Lipinski definition) is 2. The molecule has 7 heteroatoms. The Morgan fingerprint density at radius 3 is 2.33 bits per heavy atom. The van der Waals surface area contributed by atoms with E-state index in [1.807, 2.05) is 27.7 Å². The van der Waals surface area contributed by atoms with Gasteiger partial charge in [-0.1, -0.05) is 12.1 Å². The van der Waals surface area contributed by atoms with Gasteiger partial charge in [-0.3, -0.25) is 0 Å². The zero-order valence-electron chi connectivity index (χ0n) is 12.6. The minimum Gasteiger partial charge on any atom is -0.465 e. The summed E-state index contributed by atoms with van der Waals surface area (Å²) in [6.07, 6.45) is -1.19. The van der Waals surface area contributed by atoms with Crippen LogP contribution in [0.1, 0.15) is 33.3 Å². The van der Waals surface area contributed by atoms with Gasteiger partial charge in [0, 0.05) is 12.1 Å². The third kappa shape index (κ3) is 3.19. The van der Waals surface area contributed by atoms with Crippen LogP contribution in [0.4, 0.5) is 9.18 Å². The molecule has 0 aliphatic carbocycles. The number of benzene rings is 1. The van der Waals surface area contributed by atoms with Crippen molar-refractivity contribution in [1.29, 1.82) is 0 Å². The van der Waals surface area contributed by atoms with E-state index in [4.69, 9.17) is 14.4 Å². The molecule has 2 N–H and O–H groups in total. The molecule has 21 heavy (non-hydrogen) atoms. The van der Waals surface area contributed by atoms with E-state index in [-0.39, 0.29) is 12.1 Å². The minimum atomic E-state index is -1.19.